The molecule has 1 aliphatic rings. The summed E-state index contributed by atoms with van der Waals surface area (Å²) < 4.78 is 0.734. The molecular weight excluding hydrogens is 272 g/mol. The van der Waals surface area contributed by atoms with Crippen LogP contribution in [0.15, 0.2) is 22.8 Å². The highest BCUT2D eigenvalue weighted by atomic mass is 79.9. The van der Waals surface area contributed by atoms with E-state index in [0.29, 0.717) is 19.4 Å². The van der Waals surface area contributed by atoms with Crippen molar-refractivity contribution in [2.45, 2.75) is 25.0 Å². The van der Waals surface area contributed by atoms with Gasteiger partial charge in [-0.05, 0) is 34.5 Å². The van der Waals surface area contributed by atoms with Gasteiger partial charge in [0.15, 0.2) is 5.78 Å². The van der Waals surface area contributed by atoms with E-state index in [4.69, 9.17) is 0 Å². The van der Waals surface area contributed by atoms with Crippen molar-refractivity contribution < 1.29 is 9.90 Å². The van der Waals surface area contributed by atoms with Gasteiger partial charge in [-0.25, -0.2) is 4.98 Å². The molecule has 0 aromatic carbocycles. The fraction of sp³-hybridized carbons (Fsp3) is 0.455. The smallest absolute Gasteiger partial charge is 0.155 e. The molecule has 86 valence electrons. The Morgan fingerprint density at radius 1 is 1.62 bits per heavy atom. The number of pyridine rings is 1. The Hall–Kier alpha value is -0.780. The van der Waals surface area contributed by atoms with Gasteiger partial charge in [0.05, 0.1) is 18.6 Å². The predicted octanol–water partition coefficient (Wildman–Crippen LogP) is 0.678. The molecule has 0 spiro atoms. The molecule has 1 aromatic rings. The van der Waals surface area contributed by atoms with E-state index in [1.165, 1.54) is 0 Å². The largest absolute Gasteiger partial charge is 0.392 e. The van der Waals surface area contributed by atoms with Crippen molar-refractivity contribution in [3.63, 3.8) is 0 Å². The highest BCUT2D eigenvalue weighted by Gasteiger charge is 2.27. The van der Waals surface area contributed by atoms with Crippen LogP contribution in [0.4, 0.5) is 0 Å². The molecule has 1 aliphatic heterocycles. The molecule has 2 heterocycles. The van der Waals surface area contributed by atoms with Crippen LogP contribution in [-0.4, -0.2) is 34.6 Å². The first-order valence-electron chi connectivity index (χ1n) is 5.21. The first-order valence-corrected chi connectivity index (χ1v) is 6.00. The van der Waals surface area contributed by atoms with Gasteiger partial charge in [0, 0.05) is 12.2 Å². The molecule has 5 heteroatoms. The van der Waals surface area contributed by atoms with Gasteiger partial charge in [0.2, 0.25) is 0 Å². The van der Waals surface area contributed by atoms with Crippen molar-refractivity contribution >= 4 is 21.7 Å². The summed E-state index contributed by atoms with van der Waals surface area (Å²) in [5.74, 6) is 0.0853. The van der Waals surface area contributed by atoms with Gasteiger partial charge >= 0.3 is 0 Å². The molecule has 0 aliphatic carbocycles. The molecule has 0 bridgehead atoms. The second kappa shape index (κ2) is 5.03. The Morgan fingerprint density at radius 3 is 3.06 bits per heavy atom. The Balaban J connectivity index is 1.97. The molecule has 16 heavy (non-hydrogen) atoms. The minimum atomic E-state index is -0.399. The topological polar surface area (TPSA) is 62.2 Å². The number of nitrogens with zero attached hydrogens (tertiary/aromatic N) is 1. The normalized spacial score (nSPS) is 24.6. The first-order chi connectivity index (χ1) is 7.65. The monoisotopic (exact) mass is 284 g/mol. The summed E-state index contributed by atoms with van der Waals surface area (Å²) in [5.41, 5.74) is 0.752. The average Bonchev–Trinajstić information content (AvgIpc) is 2.65. The molecule has 0 amide bonds. The quantitative estimate of drug-likeness (QED) is 0.802. The lowest BCUT2D eigenvalue weighted by Gasteiger charge is -2.08. The summed E-state index contributed by atoms with van der Waals surface area (Å²) in [6.45, 7) is 0.502. The van der Waals surface area contributed by atoms with Crippen molar-refractivity contribution in [1.82, 2.24) is 10.3 Å². The first kappa shape index (κ1) is 11.7. The number of rotatable bonds is 3. The number of ketones is 1. The lowest BCUT2D eigenvalue weighted by molar-refractivity contribution is -0.120. The maximum Gasteiger partial charge on any atom is 0.155 e. The van der Waals surface area contributed by atoms with Crippen LogP contribution < -0.4 is 5.32 Å². The number of aliphatic hydroxyl groups is 1. The number of aliphatic hydroxyl groups excluding tert-OH is 1. The molecule has 0 saturated carbocycles. The number of carbonyl (C=O) groups is 1. The van der Waals surface area contributed by atoms with Gasteiger partial charge in [0.25, 0.3) is 0 Å². The molecule has 2 N–H and O–H groups in total. The van der Waals surface area contributed by atoms with Crippen molar-refractivity contribution in [3.8, 4) is 0 Å². The average molecular weight is 285 g/mol. The van der Waals surface area contributed by atoms with Crippen LogP contribution in [0, 0.1) is 0 Å². The fourth-order valence-electron chi connectivity index (χ4n) is 1.81. The second-order valence-electron chi connectivity index (χ2n) is 3.95. The van der Waals surface area contributed by atoms with Crippen LogP contribution in [-0.2, 0) is 11.2 Å². The summed E-state index contributed by atoms with van der Waals surface area (Å²) in [6.07, 6.45) is 0.417. The SMILES string of the molecule is O=C(Cc1cccc(Br)n1)[C@@H]1C[C@H](O)CN1. The van der Waals surface area contributed by atoms with Crippen LogP contribution in [0.1, 0.15) is 12.1 Å². The molecule has 1 aromatic heterocycles. The molecule has 0 radical (unpaired) electrons. The number of carbonyl (C=O) groups excluding carboxylic acids is 1. The number of nitrogens with one attached hydrogen (secondary N) is 1. The predicted molar refractivity (Wildman–Crippen MR) is 63.1 cm³/mol. The van der Waals surface area contributed by atoms with E-state index in [-0.39, 0.29) is 11.8 Å². The van der Waals surface area contributed by atoms with Crippen molar-refractivity contribution in [2.24, 2.45) is 0 Å². The number of aromatic nitrogens is 1. The van der Waals surface area contributed by atoms with Crippen molar-refractivity contribution in [3.05, 3.63) is 28.5 Å². The number of halogens is 1. The third-order valence-electron chi connectivity index (χ3n) is 2.62. The summed E-state index contributed by atoms with van der Waals surface area (Å²) >= 11 is 3.27. The third kappa shape index (κ3) is 2.87. The standard InChI is InChI=1S/C11H13BrN2O2/c12-11-3-1-2-7(14-11)4-10(16)9-5-8(15)6-13-9/h1-3,8-9,13,15H,4-6H2/t8-,9-/m0/s1. The fourth-order valence-corrected chi connectivity index (χ4v) is 2.19. The summed E-state index contributed by atoms with van der Waals surface area (Å²) in [4.78, 5) is 16.1. The lowest BCUT2D eigenvalue weighted by Crippen LogP contribution is -2.32. The van der Waals surface area contributed by atoms with Crippen LogP contribution in [0.5, 0.6) is 0 Å². The maximum atomic E-state index is 11.8. The number of Topliss-reactive ketones (excluding diaryl/α,β-unsaturated/α-hetero) is 1. The zero-order chi connectivity index (χ0) is 11.5. The second-order valence-corrected chi connectivity index (χ2v) is 4.76. The Kier molecular flexibility index (Phi) is 3.68. The molecule has 2 rings (SSSR count). The lowest BCUT2D eigenvalue weighted by atomic mass is 10.1. The van der Waals surface area contributed by atoms with Gasteiger partial charge in [-0.1, -0.05) is 6.07 Å². The molecule has 1 saturated heterocycles. The summed E-state index contributed by atoms with van der Waals surface area (Å²) in [7, 11) is 0. The zero-order valence-electron chi connectivity index (χ0n) is 8.69. The maximum absolute atomic E-state index is 11.8. The number of hydrogen-bond acceptors (Lipinski definition) is 4. The van der Waals surface area contributed by atoms with Gasteiger partial charge in [-0.2, -0.15) is 0 Å². The van der Waals surface area contributed by atoms with Crippen LogP contribution in [0.2, 0.25) is 0 Å². The highest BCUT2D eigenvalue weighted by molar-refractivity contribution is 9.10. The molecule has 1 fully saturated rings. The zero-order valence-corrected chi connectivity index (χ0v) is 10.3. The van der Waals surface area contributed by atoms with E-state index in [0.717, 1.165) is 10.3 Å². The molecule has 0 unspecified atom stereocenters. The van der Waals surface area contributed by atoms with Crippen LogP contribution >= 0.6 is 15.9 Å². The van der Waals surface area contributed by atoms with Crippen molar-refractivity contribution in [1.29, 1.82) is 0 Å². The molecule has 2 atom stereocenters. The van der Waals surface area contributed by atoms with Crippen molar-refractivity contribution in [2.75, 3.05) is 6.54 Å². The Bertz CT molecular complexity index is 397. The van der Waals surface area contributed by atoms with E-state index in [1.54, 1.807) is 0 Å². The number of hydrogen-bond donors (Lipinski definition) is 2. The van der Waals surface area contributed by atoms with Gasteiger partial charge in [0.1, 0.15) is 4.60 Å². The van der Waals surface area contributed by atoms with Crippen LogP contribution in [0.3, 0.4) is 0 Å². The van der Waals surface area contributed by atoms with E-state index >= 15 is 0 Å². The Morgan fingerprint density at radius 2 is 2.44 bits per heavy atom. The van der Waals surface area contributed by atoms with E-state index < -0.39 is 6.10 Å². The third-order valence-corrected chi connectivity index (χ3v) is 3.07. The minimum Gasteiger partial charge on any atom is -0.392 e. The Labute approximate surface area is 102 Å². The van der Waals surface area contributed by atoms with Gasteiger partial charge in [-0.15, -0.1) is 0 Å². The van der Waals surface area contributed by atoms with E-state index in [9.17, 15) is 9.90 Å². The highest BCUT2D eigenvalue weighted by Crippen LogP contribution is 2.11. The number of β-amino-alcohol motifs (C(OH)–C–C–N with tert-alkyl or cyclic N) is 1. The molecule has 4 nitrogen and oxygen atoms in total. The van der Waals surface area contributed by atoms with Crippen LogP contribution in [0.25, 0.3) is 0 Å². The van der Waals surface area contributed by atoms with E-state index in [2.05, 4.69) is 26.2 Å². The van der Waals surface area contributed by atoms with E-state index in [1.807, 2.05) is 18.2 Å². The van der Waals surface area contributed by atoms with Gasteiger partial charge < -0.3 is 10.4 Å². The summed E-state index contributed by atoms with van der Waals surface area (Å²) in [6, 6.07) is 5.28. The minimum absolute atomic E-state index is 0.0853. The molecular formula is C11H13BrN2O2. The summed E-state index contributed by atoms with van der Waals surface area (Å²) in [5, 5.41) is 12.3. The van der Waals surface area contributed by atoms with Gasteiger partial charge in [-0.3, -0.25) is 4.79 Å².